The van der Waals surface area contributed by atoms with Gasteiger partial charge in [-0.3, -0.25) is 0 Å². The molecule has 0 aromatic carbocycles. The van der Waals surface area contributed by atoms with E-state index < -0.39 is 10.0 Å². The SMILES string of the molecule is CCC1CCC(C)N1S(=O)(=O)c1ccc(CNC(C)C)s1. The molecule has 1 aliphatic heterocycles. The molecule has 4 nitrogen and oxygen atoms in total. The Balaban J connectivity index is 2.19. The third kappa shape index (κ3) is 3.67. The molecule has 2 rings (SSSR count). The Bertz CT molecular complexity index is 566. The minimum absolute atomic E-state index is 0.110. The molecule has 6 heteroatoms. The van der Waals surface area contributed by atoms with Gasteiger partial charge in [0.2, 0.25) is 0 Å². The van der Waals surface area contributed by atoms with Gasteiger partial charge < -0.3 is 5.32 Å². The van der Waals surface area contributed by atoms with Crippen LogP contribution in [0.2, 0.25) is 0 Å². The van der Waals surface area contributed by atoms with Crippen LogP contribution in [0, 0.1) is 0 Å². The maximum absolute atomic E-state index is 12.9. The Morgan fingerprint density at radius 3 is 2.71 bits per heavy atom. The van der Waals surface area contributed by atoms with E-state index in [4.69, 9.17) is 0 Å². The monoisotopic (exact) mass is 330 g/mol. The van der Waals surface area contributed by atoms with Crippen molar-refractivity contribution in [1.29, 1.82) is 0 Å². The molecule has 120 valence electrons. The van der Waals surface area contributed by atoms with Crippen LogP contribution in [-0.4, -0.2) is 30.8 Å². The van der Waals surface area contributed by atoms with Crippen molar-refractivity contribution in [3.05, 3.63) is 17.0 Å². The Hall–Kier alpha value is -0.430. The summed E-state index contributed by atoms with van der Waals surface area (Å²) in [6.45, 7) is 8.98. The molecule has 0 amide bonds. The molecule has 2 heterocycles. The molecule has 1 fully saturated rings. The van der Waals surface area contributed by atoms with E-state index in [-0.39, 0.29) is 12.1 Å². The molecule has 1 aliphatic rings. The standard InChI is InChI=1S/C15H26N2O2S2/c1-5-13-7-6-12(4)17(13)21(18,19)15-9-8-14(20-15)10-16-11(2)3/h8-9,11-13,16H,5-7,10H2,1-4H3. The molecule has 2 atom stereocenters. The first kappa shape index (κ1) is 16.9. The Morgan fingerprint density at radius 2 is 2.10 bits per heavy atom. The molecule has 1 aromatic heterocycles. The molecule has 1 N–H and O–H groups in total. The van der Waals surface area contributed by atoms with Crippen LogP contribution in [0.5, 0.6) is 0 Å². The van der Waals surface area contributed by atoms with Crippen LogP contribution < -0.4 is 5.32 Å². The zero-order valence-corrected chi connectivity index (χ0v) is 14.9. The van der Waals surface area contributed by atoms with Gasteiger partial charge in [0.1, 0.15) is 4.21 Å². The highest BCUT2D eigenvalue weighted by Gasteiger charge is 2.39. The number of hydrogen-bond donors (Lipinski definition) is 1. The second-order valence-corrected chi connectivity index (χ2v) is 9.32. The van der Waals surface area contributed by atoms with Crippen LogP contribution in [0.3, 0.4) is 0 Å². The van der Waals surface area contributed by atoms with Crippen molar-refractivity contribution >= 4 is 21.4 Å². The van der Waals surface area contributed by atoms with E-state index in [1.165, 1.54) is 11.3 Å². The number of sulfonamides is 1. The summed E-state index contributed by atoms with van der Waals surface area (Å²) in [4.78, 5) is 1.07. The number of nitrogens with zero attached hydrogens (tertiary/aromatic N) is 1. The lowest BCUT2D eigenvalue weighted by Gasteiger charge is -2.26. The van der Waals surface area contributed by atoms with Gasteiger partial charge in [-0.2, -0.15) is 4.31 Å². The summed E-state index contributed by atoms with van der Waals surface area (Å²) >= 11 is 1.39. The van der Waals surface area contributed by atoms with Gasteiger partial charge in [-0.15, -0.1) is 11.3 Å². The second-order valence-electron chi connectivity index (χ2n) is 6.08. The number of rotatable bonds is 6. The molecule has 0 bridgehead atoms. The summed E-state index contributed by atoms with van der Waals surface area (Å²) < 4.78 is 28.0. The third-order valence-corrected chi connectivity index (χ3v) is 7.66. The average molecular weight is 331 g/mol. The molecular weight excluding hydrogens is 304 g/mol. The zero-order valence-electron chi connectivity index (χ0n) is 13.3. The van der Waals surface area contributed by atoms with E-state index in [9.17, 15) is 8.42 Å². The van der Waals surface area contributed by atoms with Crippen LogP contribution in [0.1, 0.15) is 51.8 Å². The van der Waals surface area contributed by atoms with Crippen molar-refractivity contribution in [3.63, 3.8) is 0 Å². The predicted octanol–water partition coefficient (Wildman–Crippen LogP) is 3.20. The fourth-order valence-electron chi connectivity index (χ4n) is 2.87. The number of hydrogen-bond acceptors (Lipinski definition) is 4. The second kappa shape index (κ2) is 6.77. The first-order valence-corrected chi connectivity index (χ1v) is 9.97. The van der Waals surface area contributed by atoms with Gasteiger partial charge in [-0.1, -0.05) is 20.8 Å². The van der Waals surface area contributed by atoms with Crippen LogP contribution in [-0.2, 0) is 16.6 Å². The van der Waals surface area contributed by atoms with Crippen LogP contribution in [0.15, 0.2) is 16.3 Å². The molecular formula is C15H26N2O2S2. The largest absolute Gasteiger partial charge is 0.310 e. The first-order valence-electron chi connectivity index (χ1n) is 7.72. The normalized spacial score (nSPS) is 24.0. The molecule has 1 aromatic rings. The zero-order chi connectivity index (χ0) is 15.6. The maximum atomic E-state index is 12.9. The summed E-state index contributed by atoms with van der Waals surface area (Å²) in [6.07, 6.45) is 2.83. The van der Waals surface area contributed by atoms with Crippen LogP contribution in [0.25, 0.3) is 0 Å². The van der Waals surface area contributed by atoms with Gasteiger partial charge in [0, 0.05) is 29.5 Å². The molecule has 21 heavy (non-hydrogen) atoms. The maximum Gasteiger partial charge on any atom is 0.253 e. The quantitative estimate of drug-likeness (QED) is 0.871. The van der Waals surface area contributed by atoms with Gasteiger partial charge in [-0.05, 0) is 38.3 Å². The third-order valence-electron chi connectivity index (χ3n) is 4.04. The Labute approximate surface area is 132 Å². The van der Waals surface area contributed by atoms with Crippen molar-refractivity contribution in [3.8, 4) is 0 Å². The van der Waals surface area contributed by atoms with E-state index in [2.05, 4.69) is 26.1 Å². The fourth-order valence-corrected chi connectivity index (χ4v) is 6.23. The fraction of sp³-hybridized carbons (Fsp3) is 0.733. The van der Waals surface area contributed by atoms with Gasteiger partial charge in [0.15, 0.2) is 0 Å². The van der Waals surface area contributed by atoms with Crippen molar-refractivity contribution in [2.75, 3.05) is 0 Å². The highest BCUT2D eigenvalue weighted by molar-refractivity contribution is 7.91. The molecule has 0 aliphatic carbocycles. The average Bonchev–Trinajstić information content (AvgIpc) is 3.03. The first-order chi connectivity index (χ1) is 9.86. The van der Waals surface area contributed by atoms with Crippen LogP contribution in [0.4, 0.5) is 0 Å². The summed E-state index contributed by atoms with van der Waals surface area (Å²) in [7, 11) is -3.34. The van der Waals surface area contributed by atoms with Crippen molar-refractivity contribution in [1.82, 2.24) is 9.62 Å². The lowest BCUT2D eigenvalue weighted by molar-refractivity contribution is 0.329. The van der Waals surface area contributed by atoms with Crippen molar-refractivity contribution < 1.29 is 8.42 Å². The molecule has 0 saturated carbocycles. The summed E-state index contributed by atoms with van der Waals surface area (Å²) in [5, 5.41) is 3.33. The van der Waals surface area contributed by atoms with Gasteiger partial charge >= 0.3 is 0 Å². The molecule has 0 spiro atoms. The van der Waals surface area contributed by atoms with Gasteiger partial charge in [0.05, 0.1) is 0 Å². The van der Waals surface area contributed by atoms with Gasteiger partial charge in [0.25, 0.3) is 10.0 Å². The lowest BCUT2D eigenvalue weighted by atomic mass is 10.2. The van der Waals surface area contributed by atoms with E-state index >= 15 is 0 Å². The summed E-state index contributed by atoms with van der Waals surface area (Å²) in [6, 6.07) is 4.35. The smallest absolute Gasteiger partial charge is 0.253 e. The molecule has 1 saturated heterocycles. The number of thiophene rings is 1. The minimum Gasteiger partial charge on any atom is -0.310 e. The van der Waals surface area contributed by atoms with E-state index in [1.807, 2.05) is 13.0 Å². The highest BCUT2D eigenvalue weighted by atomic mass is 32.2. The van der Waals surface area contributed by atoms with Crippen molar-refractivity contribution in [2.45, 2.75) is 75.8 Å². The van der Waals surface area contributed by atoms with Crippen LogP contribution >= 0.6 is 11.3 Å². The Kier molecular flexibility index (Phi) is 5.46. The lowest BCUT2D eigenvalue weighted by Crippen LogP contribution is -2.39. The highest BCUT2D eigenvalue weighted by Crippen LogP contribution is 2.34. The molecule has 0 radical (unpaired) electrons. The topological polar surface area (TPSA) is 49.4 Å². The Morgan fingerprint density at radius 1 is 1.38 bits per heavy atom. The van der Waals surface area contributed by atoms with E-state index in [0.29, 0.717) is 10.3 Å². The predicted molar refractivity (Wildman–Crippen MR) is 88.1 cm³/mol. The minimum atomic E-state index is -3.34. The van der Waals surface area contributed by atoms with E-state index in [1.54, 1.807) is 10.4 Å². The summed E-state index contributed by atoms with van der Waals surface area (Å²) in [5.41, 5.74) is 0. The van der Waals surface area contributed by atoms with E-state index in [0.717, 1.165) is 30.7 Å². The van der Waals surface area contributed by atoms with Gasteiger partial charge in [-0.25, -0.2) is 8.42 Å². The van der Waals surface area contributed by atoms with Crippen molar-refractivity contribution in [2.24, 2.45) is 0 Å². The summed E-state index contributed by atoms with van der Waals surface area (Å²) in [5.74, 6) is 0. The molecule has 2 unspecified atom stereocenters. The number of nitrogens with one attached hydrogen (secondary N) is 1.